The normalized spacial score (nSPS) is 10.3. The van der Waals surface area contributed by atoms with Gasteiger partial charge in [-0.25, -0.2) is 0 Å². The second-order valence-corrected chi connectivity index (χ2v) is 3.70. The van der Waals surface area contributed by atoms with Crippen molar-refractivity contribution in [1.29, 1.82) is 0 Å². The lowest BCUT2D eigenvalue weighted by Gasteiger charge is -2.25. The van der Waals surface area contributed by atoms with Crippen molar-refractivity contribution in [2.45, 2.75) is 33.2 Å². The number of anilines is 1. The molecule has 0 amide bonds. The first-order chi connectivity index (χ1) is 7.33. The van der Waals surface area contributed by atoms with Crippen LogP contribution in [0.15, 0.2) is 18.5 Å². The van der Waals surface area contributed by atoms with Gasteiger partial charge in [0.1, 0.15) is 0 Å². The Labute approximate surface area is 92.3 Å². The van der Waals surface area contributed by atoms with Gasteiger partial charge in [-0.3, -0.25) is 4.98 Å². The Balaban J connectivity index is 2.88. The van der Waals surface area contributed by atoms with E-state index in [-0.39, 0.29) is 0 Å². The van der Waals surface area contributed by atoms with E-state index in [4.69, 9.17) is 5.73 Å². The summed E-state index contributed by atoms with van der Waals surface area (Å²) in [5.74, 6) is 0. The van der Waals surface area contributed by atoms with Crippen LogP contribution in [-0.2, 0) is 6.54 Å². The summed E-state index contributed by atoms with van der Waals surface area (Å²) in [6, 6.07) is 2.01. The van der Waals surface area contributed by atoms with Crippen LogP contribution in [0, 0.1) is 0 Å². The third kappa shape index (κ3) is 3.20. The Bertz CT molecular complexity index is 280. The minimum atomic E-state index is 0.585. The molecule has 0 spiro atoms. The topological polar surface area (TPSA) is 42.2 Å². The molecule has 1 aromatic heterocycles. The first-order valence-electron chi connectivity index (χ1n) is 5.71. The molecular weight excluding hydrogens is 186 g/mol. The molecule has 3 nitrogen and oxygen atoms in total. The molecule has 0 radical (unpaired) electrons. The molecule has 0 saturated heterocycles. The lowest BCUT2D eigenvalue weighted by Crippen LogP contribution is -2.26. The highest BCUT2D eigenvalue weighted by atomic mass is 15.1. The summed E-state index contributed by atoms with van der Waals surface area (Å²) in [7, 11) is 0. The van der Waals surface area contributed by atoms with Gasteiger partial charge < -0.3 is 10.6 Å². The monoisotopic (exact) mass is 207 g/mol. The summed E-state index contributed by atoms with van der Waals surface area (Å²) in [6.07, 6.45) is 6.03. The molecule has 1 rings (SSSR count). The third-order valence-corrected chi connectivity index (χ3v) is 2.44. The van der Waals surface area contributed by atoms with E-state index >= 15 is 0 Å². The number of aromatic nitrogens is 1. The van der Waals surface area contributed by atoms with Gasteiger partial charge in [-0.2, -0.15) is 0 Å². The Morgan fingerprint density at radius 3 is 2.47 bits per heavy atom. The number of hydrogen-bond donors (Lipinski definition) is 1. The van der Waals surface area contributed by atoms with E-state index in [0.29, 0.717) is 6.54 Å². The summed E-state index contributed by atoms with van der Waals surface area (Å²) < 4.78 is 0. The molecule has 1 heterocycles. The van der Waals surface area contributed by atoms with Crippen LogP contribution < -0.4 is 10.6 Å². The van der Waals surface area contributed by atoms with Crippen LogP contribution in [0.2, 0.25) is 0 Å². The first kappa shape index (κ1) is 12.0. The van der Waals surface area contributed by atoms with Crippen LogP contribution in [0.3, 0.4) is 0 Å². The van der Waals surface area contributed by atoms with Gasteiger partial charge in [-0.1, -0.05) is 13.8 Å². The van der Waals surface area contributed by atoms with Crippen LogP contribution in [0.25, 0.3) is 0 Å². The van der Waals surface area contributed by atoms with Crippen molar-refractivity contribution in [3.8, 4) is 0 Å². The summed E-state index contributed by atoms with van der Waals surface area (Å²) in [6.45, 7) is 7.13. The lowest BCUT2D eigenvalue weighted by atomic mass is 10.2. The molecule has 84 valence electrons. The standard InChI is InChI=1S/C12H21N3/c1-3-7-15(8-4-2)12-10-14-6-5-11(12)9-13/h5-6,10H,3-4,7-9,13H2,1-2H3. The molecular formula is C12H21N3. The highest BCUT2D eigenvalue weighted by Gasteiger charge is 2.08. The van der Waals surface area contributed by atoms with Gasteiger partial charge in [0.15, 0.2) is 0 Å². The van der Waals surface area contributed by atoms with E-state index in [1.165, 1.54) is 11.3 Å². The predicted molar refractivity (Wildman–Crippen MR) is 64.9 cm³/mol. The van der Waals surface area contributed by atoms with Crippen LogP contribution in [0.4, 0.5) is 5.69 Å². The smallest absolute Gasteiger partial charge is 0.0598 e. The van der Waals surface area contributed by atoms with Crippen LogP contribution in [0.1, 0.15) is 32.3 Å². The largest absolute Gasteiger partial charge is 0.370 e. The molecule has 0 aliphatic rings. The fraction of sp³-hybridized carbons (Fsp3) is 0.583. The molecule has 0 bridgehead atoms. The highest BCUT2D eigenvalue weighted by molar-refractivity contribution is 5.51. The number of hydrogen-bond acceptors (Lipinski definition) is 3. The van der Waals surface area contributed by atoms with Crippen molar-refractivity contribution < 1.29 is 0 Å². The second-order valence-electron chi connectivity index (χ2n) is 3.70. The molecule has 0 unspecified atom stereocenters. The fourth-order valence-electron chi connectivity index (χ4n) is 1.76. The van der Waals surface area contributed by atoms with Crippen molar-refractivity contribution in [3.63, 3.8) is 0 Å². The zero-order chi connectivity index (χ0) is 11.1. The zero-order valence-corrected chi connectivity index (χ0v) is 9.74. The molecule has 15 heavy (non-hydrogen) atoms. The lowest BCUT2D eigenvalue weighted by molar-refractivity contribution is 0.738. The van der Waals surface area contributed by atoms with Crippen molar-refractivity contribution >= 4 is 5.69 Å². The maximum Gasteiger partial charge on any atom is 0.0598 e. The number of nitrogens with two attached hydrogens (primary N) is 1. The Morgan fingerprint density at radius 1 is 1.27 bits per heavy atom. The van der Waals surface area contributed by atoms with E-state index < -0.39 is 0 Å². The fourth-order valence-corrected chi connectivity index (χ4v) is 1.76. The summed E-state index contributed by atoms with van der Waals surface area (Å²) in [5, 5.41) is 0. The third-order valence-electron chi connectivity index (χ3n) is 2.44. The number of rotatable bonds is 6. The van der Waals surface area contributed by atoms with Crippen molar-refractivity contribution in [2.24, 2.45) is 5.73 Å². The maximum atomic E-state index is 5.73. The minimum Gasteiger partial charge on any atom is -0.370 e. The van der Waals surface area contributed by atoms with Gasteiger partial charge in [0.25, 0.3) is 0 Å². The molecule has 0 atom stereocenters. The van der Waals surface area contributed by atoms with Crippen LogP contribution in [-0.4, -0.2) is 18.1 Å². The maximum absolute atomic E-state index is 5.73. The van der Waals surface area contributed by atoms with Crippen molar-refractivity contribution in [2.75, 3.05) is 18.0 Å². The summed E-state index contributed by atoms with van der Waals surface area (Å²) >= 11 is 0. The van der Waals surface area contributed by atoms with Gasteiger partial charge >= 0.3 is 0 Å². The number of pyridine rings is 1. The van der Waals surface area contributed by atoms with Gasteiger partial charge in [0.05, 0.1) is 11.9 Å². The quantitative estimate of drug-likeness (QED) is 0.777. The van der Waals surface area contributed by atoms with Gasteiger partial charge in [-0.15, -0.1) is 0 Å². The molecule has 0 aliphatic carbocycles. The SMILES string of the molecule is CCCN(CCC)c1cnccc1CN. The van der Waals surface area contributed by atoms with E-state index in [9.17, 15) is 0 Å². The van der Waals surface area contributed by atoms with Crippen molar-refractivity contribution in [1.82, 2.24) is 4.98 Å². The molecule has 2 N–H and O–H groups in total. The molecule has 0 aliphatic heterocycles. The predicted octanol–water partition coefficient (Wildman–Crippen LogP) is 2.17. The minimum absolute atomic E-state index is 0.585. The average Bonchev–Trinajstić information content (AvgIpc) is 2.29. The first-order valence-corrected chi connectivity index (χ1v) is 5.71. The van der Waals surface area contributed by atoms with Crippen LogP contribution >= 0.6 is 0 Å². The van der Waals surface area contributed by atoms with Crippen LogP contribution in [0.5, 0.6) is 0 Å². The zero-order valence-electron chi connectivity index (χ0n) is 9.74. The molecule has 3 heteroatoms. The number of nitrogens with zero attached hydrogens (tertiary/aromatic N) is 2. The van der Waals surface area contributed by atoms with Gasteiger partial charge in [0, 0.05) is 25.8 Å². The Morgan fingerprint density at radius 2 is 1.93 bits per heavy atom. The molecule has 0 aromatic carbocycles. The molecule has 0 fully saturated rings. The average molecular weight is 207 g/mol. The van der Waals surface area contributed by atoms with Crippen molar-refractivity contribution in [3.05, 3.63) is 24.0 Å². The summed E-state index contributed by atoms with van der Waals surface area (Å²) in [5.41, 5.74) is 8.11. The van der Waals surface area contributed by atoms with Gasteiger partial charge in [0.2, 0.25) is 0 Å². The second kappa shape index (κ2) is 6.40. The van der Waals surface area contributed by atoms with E-state index in [0.717, 1.165) is 25.9 Å². The Hall–Kier alpha value is -1.09. The molecule has 1 aromatic rings. The highest BCUT2D eigenvalue weighted by Crippen LogP contribution is 2.19. The van der Waals surface area contributed by atoms with E-state index in [1.807, 2.05) is 18.5 Å². The molecule has 0 saturated carbocycles. The van der Waals surface area contributed by atoms with E-state index in [1.54, 1.807) is 0 Å². The van der Waals surface area contributed by atoms with Gasteiger partial charge in [-0.05, 0) is 24.5 Å². The Kier molecular flexibility index (Phi) is 5.12. The van der Waals surface area contributed by atoms with E-state index in [2.05, 4.69) is 23.7 Å². The summed E-state index contributed by atoms with van der Waals surface area (Å²) in [4.78, 5) is 6.55.